The van der Waals surface area contributed by atoms with E-state index in [1.165, 1.54) is 12.1 Å². The molecule has 136 valence electrons. The van der Waals surface area contributed by atoms with E-state index in [0.29, 0.717) is 18.1 Å². The molecule has 0 saturated carbocycles. The van der Waals surface area contributed by atoms with Gasteiger partial charge in [0.2, 0.25) is 0 Å². The number of hydrogen-bond acceptors (Lipinski definition) is 3. The molecule has 1 rings (SSSR count). The number of hydrogen-bond donors (Lipinski definition) is 0. The van der Waals surface area contributed by atoms with Crippen molar-refractivity contribution in [2.24, 2.45) is 11.8 Å². The van der Waals surface area contributed by atoms with Crippen LogP contribution in [0.3, 0.4) is 0 Å². The normalized spacial score (nSPS) is 13.8. The minimum absolute atomic E-state index is 0.199. The standard InChI is InChI=1S/C20H31FO3/c1-6-16(7-2)20(24-18-10-8-9-17(21)13-18)15(5)23-19(22)12-11-14(3)4/h8-10,13-16,20H,6-7,11-12H2,1-5H3. The second kappa shape index (κ2) is 10.3. The van der Waals surface area contributed by atoms with Crippen molar-refractivity contribution < 1.29 is 18.7 Å². The van der Waals surface area contributed by atoms with Gasteiger partial charge in [0.1, 0.15) is 23.8 Å². The number of benzene rings is 1. The maximum Gasteiger partial charge on any atom is 0.306 e. The van der Waals surface area contributed by atoms with Crippen molar-refractivity contribution in [2.75, 3.05) is 0 Å². The molecule has 0 aliphatic rings. The van der Waals surface area contributed by atoms with Gasteiger partial charge in [-0.1, -0.05) is 33.8 Å². The summed E-state index contributed by atoms with van der Waals surface area (Å²) in [6, 6.07) is 6.09. The molecule has 3 nitrogen and oxygen atoms in total. The smallest absolute Gasteiger partial charge is 0.306 e. The molecule has 1 aromatic rings. The molecule has 0 heterocycles. The zero-order chi connectivity index (χ0) is 18.1. The predicted octanol–water partition coefficient (Wildman–Crippen LogP) is 5.38. The van der Waals surface area contributed by atoms with E-state index in [2.05, 4.69) is 27.7 Å². The highest BCUT2D eigenvalue weighted by atomic mass is 19.1. The maximum absolute atomic E-state index is 13.4. The lowest BCUT2D eigenvalue weighted by atomic mass is 9.93. The molecule has 0 spiro atoms. The first kappa shape index (κ1) is 20.5. The first-order chi connectivity index (χ1) is 11.4. The number of carbonyl (C=O) groups excluding carboxylic acids is 1. The minimum Gasteiger partial charge on any atom is -0.486 e. The van der Waals surface area contributed by atoms with E-state index in [1.807, 2.05) is 6.92 Å². The molecule has 0 amide bonds. The molecule has 0 aliphatic heterocycles. The first-order valence-corrected chi connectivity index (χ1v) is 8.99. The summed E-state index contributed by atoms with van der Waals surface area (Å²) in [4.78, 5) is 12.0. The van der Waals surface area contributed by atoms with Gasteiger partial charge >= 0.3 is 5.97 Å². The topological polar surface area (TPSA) is 35.5 Å². The van der Waals surface area contributed by atoms with Crippen molar-refractivity contribution in [3.8, 4) is 5.75 Å². The molecule has 0 N–H and O–H groups in total. The summed E-state index contributed by atoms with van der Waals surface area (Å²) in [6.45, 7) is 10.2. The van der Waals surface area contributed by atoms with Gasteiger partial charge < -0.3 is 9.47 Å². The summed E-state index contributed by atoms with van der Waals surface area (Å²) in [5.74, 6) is 0.636. The lowest BCUT2D eigenvalue weighted by molar-refractivity contribution is -0.154. The Morgan fingerprint density at radius 1 is 1.17 bits per heavy atom. The van der Waals surface area contributed by atoms with E-state index >= 15 is 0 Å². The molecule has 0 bridgehead atoms. The Labute approximate surface area is 145 Å². The van der Waals surface area contributed by atoms with Crippen molar-refractivity contribution >= 4 is 5.97 Å². The summed E-state index contributed by atoms with van der Waals surface area (Å²) < 4.78 is 25.0. The van der Waals surface area contributed by atoms with Crippen molar-refractivity contribution in [2.45, 2.75) is 72.5 Å². The van der Waals surface area contributed by atoms with Crippen LogP contribution in [0.1, 0.15) is 60.3 Å². The zero-order valence-corrected chi connectivity index (χ0v) is 15.5. The van der Waals surface area contributed by atoms with Gasteiger partial charge in [-0.05, 0) is 50.2 Å². The fourth-order valence-corrected chi connectivity index (χ4v) is 2.77. The van der Waals surface area contributed by atoms with Crippen LogP contribution in [0.15, 0.2) is 24.3 Å². The fourth-order valence-electron chi connectivity index (χ4n) is 2.77. The fraction of sp³-hybridized carbons (Fsp3) is 0.650. The van der Waals surface area contributed by atoms with Gasteiger partial charge in [0.05, 0.1) is 0 Å². The second-order valence-corrected chi connectivity index (χ2v) is 6.74. The maximum atomic E-state index is 13.4. The van der Waals surface area contributed by atoms with Crippen LogP contribution in [-0.2, 0) is 9.53 Å². The predicted molar refractivity (Wildman–Crippen MR) is 94.5 cm³/mol. The largest absolute Gasteiger partial charge is 0.486 e. The minimum atomic E-state index is -0.377. The summed E-state index contributed by atoms with van der Waals surface area (Å²) in [7, 11) is 0. The van der Waals surface area contributed by atoms with Crippen LogP contribution in [0.5, 0.6) is 5.75 Å². The quantitative estimate of drug-likeness (QED) is 0.537. The summed E-state index contributed by atoms with van der Waals surface area (Å²) in [5.41, 5.74) is 0. The number of halogens is 1. The van der Waals surface area contributed by atoms with Crippen molar-refractivity contribution in [3.63, 3.8) is 0 Å². The van der Waals surface area contributed by atoms with Crippen molar-refractivity contribution in [1.82, 2.24) is 0 Å². The third kappa shape index (κ3) is 6.90. The van der Waals surface area contributed by atoms with Crippen LogP contribution in [0.4, 0.5) is 4.39 Å². The molecule has 4 heteroatoms. The number of rotatable bonds is 10. The third-order valence-electron chi connectivity index (χ3n) is 4.29. The SMILES string of the molecule is CCC(CC)C(Oc1cccc(F)c1)C(C)OC(=O)CCC(C)C. The number of ether oxygens (including phenoxy) is 2. The van der Waals surface area contributed by atoms with Crippen LogP contribution in [0.25, 0.3) is 0 Å². The molecule has 2 unspecified atom stereocenters. The lowest BCUT2D eigenvalue weighted by Gasteiger charge is -2.31. The molecule has 0 saturated heterocycles. The summed E-state index contributed by atoms with van der Waals surface area (Å²) >= 11 is 0. The molecule has 1 aromatic carbocycles. The number of carbonyl (C=O) groups is 1. The van der Waals surface area contributed by atoms with Crippen LogP contribution in [-0.4, -0.2) is 18.2 Å². The highest BCUT2D eigenvalue weighted by Crippen LogP contribution is 2.25. The van der Waals surface area contributed by atoms with Crippen LogP contribution in [0, 0.1) is 17.7 Å². The molecule has 0 fully saturated rings. The van der Waals surface area contributed by atoms with Gasteiger partial charge in [-0.2, -0.15) is 0 Å². The summed E-state index contributed by atoms with van der Waals surface area (Å²) in [5, 5.41) is 0. The molecular formula is C20H31FO3. The van der Waals surface area contributed by atoms with Gasteiger partial charge in [0, 0.05) is 12.5 Å². The highest BCUT2D eigenvalue weighted by molar-refractivity contribution is 5.69. The summed E-state index contributed by atoms with van der Waals surface area (Å²) in [6.07, 6.45) is 2.38. The van der Waals surface area contributed by atoms with E-state index in [-0.39, 0.29) is 29.9 Å². The monoisotopic (exact) mass is 338 g/mol. The molecule has 0 aromatic heterocycles. The first-order valence-electron chi connectivity index (χ1n) is 8.99. The Balaban J connectivity index is 2.78. The second-order valence-electron chi connectivity index (χ2n) is 6.74. The van der Waals surface area contributed by atoms with E-state index in [4.69, 9.17) is 9.47 Å². The van der Waals surface area contributed by atoms with Crippen molar-refractivity contribution in [3.05, 3.63) is 30.1 Å². The van der Waals surface area contributed by atoms with E-state index in [9.17, 15) is 9.18 Å². The highest BCUT2D eigenvalue weighted by Gasteiger charge is 2.29. The van der Waals surface area contributed by atoms with Gasteiger partial charge in [0.15, 0.2) is 0 Å². The Morgan fingerprint density at radius 3 is 2.38 bits per heavy atom. The number of esters is 1. The van der Waals surface area contributed by atoms with E-state index < -0.39 is 0 Å². The van der Waals surface area contributed by atoms with Gasteiger partial charge in [0.25, 0.3) is 0 Å². The zero-order valence-electron chi connectivity index (χ0n) is 15.5. The van der Waals surface area contributed by atoms with E-state index in [0.717, 1.165) is 19.3 Å². The van der Waals surface area contributed by atoms with Gasteiger partial charge in [-0.15, -0.1) is 0 Å². The Kier molecular flexibility index (Phi) is 8.80. The average Bonchev–Trinajstić information content (AvgIpc) is 2.53. The van der Waals surface area contributed by atoms with Crippen molar-refractivity contribution in [1.29, 1.82) is 0 Å². The van der Waals surface area contributed by atoms with Gasteiger partial charge in [-0.3, -0.25) is 4.79 Å². The third-order valence-corrected chi connectivity index (χ3v) is 4.29. The van der Waals surface area contributed by atoms with Gasteiger partial charge in [-0.25, -0.2) is 4.39 Å². The van der Waals surface area contributed by atoms with Crippen LogP contribution < -0.4 is 4.74 Å². The Hall–Kier alpha value is -1.58. The molecule has 0 aliphatic carbocycles. The molecule has 2 atom stereocenters. The molecule has 0 radical (unpaired) electrons. The lowest BCUT2D eigenvalue weighted by Crippen LogP contribution is -2.39. The molecule has 24 heavy (non-hydrogen) atoms. The van der Waals surface area contributed by atoms with Crippen LogP contribution in [0.2, 0.25) is 0 Å². The van der Waals surface area contributed by atoms with E-state index in [1.54, 1.807) is 12.1 Å². The van der Waals surface area contributed by atoms with Crippen LogP contribution >= 0.6 is 0 Å². The Morgan fingerprint density at radius 2 is 1.83 bits per heavy atom. The molecular weight excluding hydrogens is 307 g/mol. The Bertz CT molecular complexity index is 497. The average molecular weight is 338 g/mol.